The van der Waals surface area contributed by atoms with Crippen molar-refractivity contribution in [1.29, 1.82) is 0 Å². The van der Waals surface area contributed by atoms with Crippen molar-refractivity contribution >= 4 is 0 Å². The first kappa shape index (κ1) is 12.7. The van der Waals surface area contributed by atoms with Crippen LogP contribution in [-0.4, -0.2) is 22.8 Å². The quantitative estimate of drug-likeness (QED) is 0.907. The van der Waals surface area contributed by atoms with Crippen molar-refractivity contribution in [2.75, 3.05) is 6.79 Å². The first-order chi connectivity index (χ1) is 10.4. The van der Waals surface area contributed by atoms with E-state index in [2.05, 4.69) is 15.3 Å². The monoisotopic (exact) mass is 285 g/mol. The molecule has 2 aromatic rings. The van der Waals surface area contributed by atoms with Gasteiger partial charge >= 0.3 is 0 Å². The zero-order valence-electron chi connectivity index (χ0n) is 11.9. The molecule has 0 saturated heterocycles. The molecule has 2 N–H and O–H groups in total. The first-order valence-corrected chi connectivity index (χ1v) is 7.56. The Morgan fingerprint density at radius 1 is 1.19 bits per heavy atom. The van der Waals surface area contributed by atoms with E-state index in [1.165, 1.54) is 25.7 Å². The standard InChI is InChI=1S/C16H19N3O2/c1-2-4-12(3-1)17-9-16-18-8-13(19-16)11-5-6-14-15(7-11)21-10-20-14/h5-8,12,17H,1-4,9-10H2,(H,18,19). The van der Waals surface area contributed by atoms with Crippen molar-refractivity contribution in [3.63, 3.8) is 0 Å². The Morgan fingerprint density at radius 2 is 2.05 bits per heavy atom. The summed E-state index contributed by atoms with van der Waals surface area (Å²) in [5.41, 5.74) is 2.08. The fourth-order valence-electron chi connectivity index (χ4n) is 3.03. The predicted octanol–water partition coefficient (Wildman–Crippen LogP) is 2.84. The van der Waals surface area contributed by atoms with Crippen molar-refractivity contribution in [2.24, 2.45) is 0 Å². The van der Waals surface area contributed by atoms with Gasteiger partial charge in [-0.05, 0) is 31.0 Å². The second-order valence-corrected chi connectivity index (χ2v) is 5.67. The molecule has 0 radical (unpaired) electrons. The van der Waals surface area contributed by atoms with Gasteiger partial charge in [0.05, 0.1) is 18.4 Å². The molecule has 0 amide bonds. The third kappa shape index (κ3) is 2.61. The molecule has 0 atom stereocenters. The molecule has 5 heteroatoms. The minimum atomic E-state index is 0.304. The van der Waals surface area contributed by atoms with Gasteiger partial charge in [-0.2, -0.15) is 0 Å². The number of imidazole rings is 1. The number of hydrogen-bond acceptors (Lipinski definition) is 4. The van der Waals surface area contributed by atoms with Crippen molar-refractivity contribution < 1.29 is 9.47 Å². The largest absolute Gasteiger partial charge is 0.454 e. The third-order valence-electron chi connectivity index (χ3n) is 4.23. The maximum atomic E-state index is 5.41. The molecule has 0 spiro atoms. The topological polar surface area (TPSA) is 59.2 Å². The summed E-state index contributed by atoms with van der Waals surface area (Å²) in [7, 11) is 0. The number of nitrogens with zero attached hydrogens (tertiary/aromatic N) is 1. The molecule has 1 saturated carbocycles. The number of aromatic amines is 1. The Kier molecular flexibility index (Phi) is 3.27. The summed E-state index contributed by atoms with van der Waals surface area (Å²) in [5.74, 6) is 2.59. The fourth-order valence-corrected chi connectivity index (χ4v) is 3.03. The smallest absolute Gasteiger partial charge is 0.231 e. The molecule has 1 fully saturated rings. The summed E-state index contributed by atoms with van der Waals surface area (Å²) in [6, 6.07) is 6.61. The molecular formula is C16H19N3O2. The van der Waals surface area contributed by atoms with E-state index >= 15 is 0 Å². The lowest BCUT2D eigenvalue weighted by Gasteiger charge is -2.09. The SMILES string of the molecule is c1cc2c(cc1-c1cnc(CNC3CCCC3)[nH]1)OCO2. The highest BCUT2D eigenvalue weighted by atomic mass is 16.7. The third-order valence-corrected chi connectivity index (χ3v) is 4.23. The van der Waals surface area contributed by atoms with Crippen LogP contribution in [0.4, 0.5) is 0 Å². The summed E-state index contributed by atoms with van der Waals surface area (Å²) in [4.78, 5) is 7.83. The van der Waals surface area contributed by atoms with Crippen molar-refractivity contribution in [1.82, 2.24) is 15.3 Å². The van der Waals surface area contributed by atoms with Gasteiger partial charge < -0.3 is 19.8 Å². The van der Waals surface area contributed by atoms with Crippen molar-refractivity contribution in [3.8, 4) is 22.8 Å². The van der Waals surface area contributed by atoms with E-state index in [1.54, 1.807) is 0 Å². The number of benzene rings is 1. The molecule has 21 heavy (non-hydrogen) atoms. The lowest BCUT2D eigenvalue weighted by Crippen LogP contribution is -2.25. The number of fused-ring (bicyclic) bond motifs is 1. The average molecular weight is 285 g/mol. The Morgan fingerprint density at radius 3 is 2.95 bits per heavy atom. The molecule has 1 aliphatic heterocycles. The van der Waals surface area contributed by atoms with Crippen LogP contribution in [0.2, 0.25) is 0 Å². The highest BCUT2D eigenvalue weighted by Gasteiger charge is 2.16. The van der Waals surface area contributed by atoms with Gasteiger partial charge in [-0.25, -0.2) is 4.98 Å². The maximum absolute atomic E-state index is 5.41. The van der Waals surface area contributed by atoms with Crippen LogP contribution in [0.25, 0.3) is 11.3 Å². The molecular weight excluding hydrogens is 266 g/mol. The molecule has 1 aromatic carbocycles. The Labute approximate surface area is 123 Å². The number of rotatable bonds is 4. The van der Waals surface area contributed by atoms with E-state index in [1.807, 2.05) is 24.4 Å². The van der Waals surface area contributed by atoms with Gasteiger partial charge in [0.1, 0.15) is 5.82 Å². The zero-order chi connectivity index (χ0) is 14.1. The number of hydrogen-bond donors (Lipinski definition) is 2. The van der Waals surface area contributed by atoms with Gasteiger partial charge in [0, 0.05) is 11.6 Å². The zero-order valence-corrected chi connectivity index (χ0v) is 11.9. The van der Waals surface area contributed by atoms with E-state index in [0.29, 0.717) is 12.8 Å². The molecule has 4 rings (SSSR count). The maximum Gasteiger partial charge on any atom is 0.231 e. The summed E-state index contributed by atoms with van der Waals surface area (Å²) < 4.78 is 10.7. The Bertz CT molecular complexity index is 632. The molecule has 2 heterocycles. The van der Waals surface area contributed by atoms with Gasteiger partial charge in [0.2, 0.25) is 6.79 Å². The van der Waals surface area contributed by atoms with Crippen LogP contribution < -0.4 is 14.8 Å². The summed E-state index contributed by atoms with van der Waals surface area (Å²) >= 11 is 0. The fraction of sp³-hybridized carbons (Fsp3) is 0.438. The number of aromatic nitrogens is 2. The van der Waals surface area contributed by atoms with E-state index in [-0.39, 0.29) is 0 Å². The van der Waals surface area contributed by atoms with Gasteiger partial charge in [-0.15, -0.1) is 0 Å². The number of H-pyrrole nitrogens is 1. The van der Waals surface area contributed by atoms with Gasteiger partial charge in [0.15, 0.2) is 11.5 Å². The Balaban J connectivity index is 1.46. The highest BCUT2D eigenvalue weighted by molar-refractivity contribution is 5.64. The second kappa shape index (κ2) is 5.41. The van der Waals surface area contributed by atoms with Crippen LogP contribution >= 0.6 is 0 Å². The number of ether oxygens (including phenoxy) is 2. The molecule has 2 aliphatic rings. The minimum Gasteiger partial charge on any atom is -0.454 e. The summed E-state index contributed by atoms with van der Waals surface area (Å²) in [5, 5.41) is 3.57. The molecule has 0 bridgehead atoms. The van der Waals surface area contributed by atoms with E-state index in [9.17, 15) is 0 Å². The minimum absolute atomic E-state index is 0.304. The Hall–Kier alpha value is -2.01. The van der Waals surface area contributed by atoms with E-state index < -0.39 is 0 Å². The molecule has 5 nitrogen and oxygen atoms in total. The first-order valence-electron chi connectivity index (χ1n) is 7.56. The van der Waals surface area contributed by atoms with Crippen molar-refractivity contribution in [3.05, 3.63) is 30.2 Å². The van der Waals surface area contributed by atoms with Crippen LogP contribution in [0.15, 0.2) is 24.4 Å². The van der Waals surface area contributed by atoms with Gasteiger partial charge in [0.25, 0.3) is 0 Å². The van der Waals surface area contributed by atoms with Crippen LogP contribution in [0.5, 0.6) is 11.5 Å². The van der Waals surface area contributed by atoms with Crippen LogP contribution in [0.3, 0.4) is 0 Å². The number of nitrogens with one attached hydrogen (secondary N) is 2. The molecule has 1 aromatic heterocycles. The molecule has 0 unspecified atom stereocenters. The highest BCUT2D eigenvalue weighted by Crippen LogP contribution is 2.35. The molecule has 110 valence electrons. The van der Waals surface area contributed by atoms with Crippen LogP contribution in [-0.2, 0) is 6.54 Å². The summed E-state index contributed by atoms with van der Waals surface area (Å²) in [6.07, 6.45) is 7.14. The lowest BCUT2D eigenvalue weighted by atomic mass is 10.1. The van der Waals surface area contributed by atoms with Crippen LogP contribution in [0, 0.1) is 0 Å². The van der Waals surface area contributed by atoms with Gasteiger partial charge in [-0.3, -0.25) is 0 Å². The average Bonchev–Trinajstić information content (AvgIpc) is 3.25. The lowest BCUT2D eigenvalue weighted by molar-refractivity contribution is 0.174. The predicted molar refractivity (Wildman–Crippen MR) is 79.2 cm³/mol. The second-order valence-electron chi connectivity index (χ2n) is 5.67. The normalized spacial score (nSPS) is 17.5. The van der Waals surface area contributed by atoms with Gasteiger partial charge in [-0.1, -0.05) is 12.8 Å². The van der Waals surface area contributed by atoms with Crippen molar-refractivity contribution in [2.45, 2.75) is 38.3 Å². The molecule has 1 aliphatic carbocycles. The van der Waals surface area contributed by atoms with Crippen LogP contribution in [0.1, 0.15) is 31.5 Å². The van der Waals surface area contributed by atoms with E-state index in [4.69, 9.17) is 9.47 Å². The summed E-state index contributed by atoms with van der Waals surface area (Å²) in [6.45, 7) is 1.10. The van der Waals surface area contributed by atoms with E-state index in [0.717, 1.165) is 35.1 Å².